The molecule has 17 heavy (non-hydrogen) atoms. The number of aryl methyl sites for hydroxylation is 1. The van der Waals surface area contributed by atoms with Crippen molar-refractivity contribution in [3.63, 3.8) is 0 Å². The van der Waals surface area contributed by atoms with Crippen LogP contribution in [0.1, 0.15) is 22.8 Å². The number of carbonyl (C=O) groups excluding carboxylic acids is 2. The van der Waals surface area contributed by atoms with Gasteiger partial charge in [-0.15, -0.1) is 0 Å². The first-order valence-corrected chi connectivity index (χ1v) is 4.71. The number of ketones is 1. The quantitative estimate of drug-likeness (QED) is 0.814. The molecule has 0 saturated carbocycles. The molecule has 0 aliphatic rings. The van der Waals surface area contributed by atoms with E-state index in [1.165, 1.54) is 32.0 Å². The van der Waals surface area contributed by atoms with Gasteiger partial charge in [0.05, 0.1) is 0 Å². The van der Waals surface area contributed by atoms with E-state index in [0.29, 0.717) is 5.56 Å². The smallest absolute Gasteiger partial charge is 0.318 e. The third-order valence-corrected chi connectivity index (χ3v) is 2.15. The Morgan fingerprint density at radius 2 is 1.82 bits per heavy atom. The van der Waals surface area contributed by atoms with Crippen molar-refractivity contribution < 1.29 is 22.8 Å². The molecule has 0 aliphatic heterocycles. The van der Waals surface area contributed by atoms with E-state index >= 15 is 0 Å². The van der Waals surface area contributed by atoms with Crippen molar-refractivity contribution in [2.24, 2.45) is 0 Å². The largest absolute Gasteiger partial charge is 0.471 e. The van der Waals surface area contributed by atoms with Gasteiger partial charge in [-0.3, -0.25) is 9.59 Å². The van der Waals surface area contributed by atoms with E-state index in [1.54, 1.807) is 5.32 Å². The van der Waals surface area contributed by atoms with Gasteiger partial charge in [-0.05, 0) is 25.5 Å². The molecule has 0 fully saturated rings. The first kappa shape index (κ1) is 13.2. The second-order valence-corrected chi connectivity index (χ2v) is 3.54. The van der Waals surface area contributed by atoms with Crippen LogP contribution in [-0.4, -0.2) is 17.9 Å². The van der Waals surface area contributed by atoms with Gasteiger partial charge in [-0.25, -0.2) is 0 Å². The van der Waals surface area contributed by atoms with Crippen LogP contribution in [0.3, 0.4) is 0 Å². The summed E-state index contributed by atoms with van der Waals surface area (Å²) in [6.45, 7) is 2.83. The molecule has 0 unspecified atom stereocenters. The maximum Gasteiger partial charge on any atom is 0.471 e. The van der Waals surface area contributed by atoms with Gasteiger partial charge in [0.1, 0.15) is 0 Å². The minimum absolute atomic E-state index is 0.0139. The first-order valence-electron chi connectivity index (χ1n) is 4.71. The summed E-state index contributed by atoms with van der Waals surface area (Å²) in [4.78, 5) is 21.8. The van der Waals surface area contributed by atoms with Gasteiger partial charge in [-0.1, -0.05) is 12.1 Å². The number of benzene rings is 1. The third-order valence-electron chi connectivity index (χ3n) is 2.15. The van der Waals surface area contributed by atoms with Crippen molar-refractivity contribution in [2.75, 3.05) is 5.32 Å². The molecule has 0 heterocycles. The normalized spacial score (nSPS) is 11.1. The van der Waals surface area contributed by atoms with Crippen LogP contribution >= 0.6 is 0 Å². The first-order chi connectivity index (χ1) is 7.71. The zero-order valence-corrected chi connectivity index (χ0v) is 9.18. The molecule has 1 aromatic rings. The van der Waals surface area contributed by atoms with Crippen molar-refractivity contribution in [1.29, 1.82) is 0 Å². The highest BCUT2D eigenvalue weighted by molar-refractivity contribution is 5.99. The second-order valence-electron chi connectivity index (χ2n) is 3.54. The van der Waals surface area contributed by atoms with Crippen molar-refractivity contribution in [3.8, 4) is 0 Å². The number of alkyl halides is 3. The number of hydrogen-bond acceptors (Lipinski definition) is 2. The van der Waals surface area contributed by atoms with Gasteiger partial charge in [0.15, 0.2) is 5.78 Å². The Bertz CT molecular complexity index is 466. The van der Waals surface area contributed by atoms with Crippen LogP contribution in [0.2, 0.25) is 0 Å². The number of anilines is 1. The van der Waals surface area contributed by atoms with Gasteiger partial charge in [0.25, 0.3) is 0 Å². The van der Waals surface area contributed by atoms with Gasteiger partial charge < -0.3 is 5.32 Å². The Labute approximate surface area is 95.6 Å². The molecular weight excluding hydrogens is 235 g/mol. The van der Waals surface area contributed by atoms with E-state index in [2.05, 4.69) is 0 Å². The Morgan fingerprint density at radius 3 is 2.29 bits per heavy atom. The Kier molecular flexibility index (Phi) is 3.55. The zero-order chi connectivity index (χ0) is 13.2. The Hall–Kier alpha value is -1.85. The van der Waals surface area contributed by atoms with Crippen LogP contribution in [0.15, 0.2) is 18.2 Å². The topological polar surface area (TPSA) is 46.2 Å². The lowest BCUT2D eigenvalue weighted by Gasteiger charge is -2.11. The highest BCUT2D eigenvalue weighted by atomic mass is 19.4. The summed E-state index contributed by atoms with van der Waals surface area (Å²) in [6.07, 6.45) is -4.95. The summed E-state index contributed by atoms with van der Waals surface area (Å²) in [6, 6.07) is 4.19. The Morgan fingerprint density at radius 1 is 1.24 bits per heavy atom. The number of Topliss-reactive ketones (excluding diaryl/α,β-unsaturated/α-hetero) is 1. The fourth-order valence-electron chi connectivity index (χ4n) is 1.17. The average molecular weight is 245 g/mol. The van der Waals surface area contributed by atoms with E-state index in [9.17, 15) is 22.8 Å². The lowest BCUT2D eigenvalue weighted by atomic mass is 10.1. The molecule has 0 bridgehead atoms. The molecule has 1 N–H and O–H groups in total. The SMILES string of the molecule is CC(=O)c1ccc(C)c(NC(=O)C(F)(F)F)c1. The summed E-state index contributed by atoms with van der Waals surface area (Å²) < 4.78 is 36.1. The number of carbonyl (C=O) groups is 2. The fraction of sp³-hybridized carbons (Fsp3) is 0.273. The molecule has 0 aromatic heterocycles. The summed E-state index contributed by atoms with van der Waals surface area (Å²) in [7, 11) is 0. The molecule has 6 heteroatoms. The van der Waals surface area contributed by atoms with Crippen LogP contribution in [0.5, 0.6) is 0 Å². The molecule has 0 aliphatic carbocycles. The number of nitrogens with one attached hydrogen (secondary N) is 1. The van der Waals surface area contributed by atoms with Crippen LogP contribution in [0.25, 0.3) is 0 Å². The van der Waals surface area contributed by atoms with Gasteiger partial charge in [-0.2, -0.15) is 13.2 Å². The van der Waals surface area contributed by atoms with Crippen LogP contribution in [-0.2, 0) is 4.79 Å². The molecule has 92 valence electrons. The second kappa shape index (κ2) is 4.57. The molecule has 1 aromatic carbocycles. The van der Waals surface area contributed by atoms with Gasteiger partial charge >= 0.3 is 12.1 Å². The van der Waals surface area contributed by atoms with E-state index in [0.717, 1.165) is 0 Å². The van der Waals surface area contributed by atoms with Crippen LogP contribution < -0.4 is 5.32 Å². The van der Waals surface area contributed by atoms with Crippen molar-refractivity contribution in [2.45, 2.75) is 20.0 Å². The monoisotopic (exact) mass is 245 g/mol. The maximum absolute atomic E-state index is 12.0. The summed E-state index contributed by atoms with van der Waals surface area (Å²) in [5, 5.41) is 1.73. The molecule has 0 saturated heterocycles. The van der Waals surface area contributed by atoms with Crippen molar-refractivity contribution in [3.05, 3.63) is 29.3 Å². The third kappa shape index (κ3) is 3.30. The van der Waals surface area contributed by atoms with Crippen molar-refractivity contribution >= 4 is 17.4 Å². The zero-order valence-electron chi connectivity index (χ0n) is 9.18. The maximum atomic E-state index is 12.0. The van der Waals surface area contributed by atoms with E-state index in [4.69, 9.17) is 0 Å². The Balaban J connectivity index is 3.02. The number of halogens is 3. The molecule has 1 rings (SSSR count). The van der Waals surface area contributed by atoms with E-state index < -0.39 is 12.1 Å². The highest BCUT2D eigenvalue weighted by Gasteiger charge is 2.38. The predicted molar refractivity (Wildman–Crippen MR) is 55.9 cm³/mol. The average Bonchev–Trinajstić information content (AvgIpc) is 2.19. The van der Waals surface area contributed by atoms with Crippen molar-refractivity contribution in [1.82, 2.24) is 0 Å². The number of hydrogen-bond donors (Lipinski definition) is 1. The van der Waals surface area contributed by atoms with Crippen LogP contribution in [0, 0.1) is 6.92 Å². The summed E-state index contributed by atoms with van der Waals surface area (Å²) >= 11 is 0. The molecule has 1 amide bonds. The lowest BCUT2D eigenvalue weighted by molar-refractivity contribution is -0.167. The van der Waals surface area contributed by atoms with Gasteiger partial charge in [0, 0.05) is 11.3 Å². The number of amides is 1. The van der Waals surface area contributed by atoms with E-state index in [1.807, 2.05) is 0 Å². The molecule has 0 spiro atoms. The molecule has 0 radical (unpaired) electrons. The standard InChI is InChI=1S/C11H10F3NO2/c1-6-3-4-8(7(2)16)5-9(6)15-10(17)11(12,13)14/h3-5H,1-2H3,(H,15,17). The predicted octanol–water partition coefficient (Wildman–Crippen LogP) is 2.70. The number of rotatable bonds is 2. The molecule has 0 atom stereocenters. The van der Waals surface area contributed by atoms with E-state index in [-0.39, 0.29) is 17.0 Å². The molecule has 3 nitrogen and oxygen atoms in total. The van der Waals surface area contributed by atoms with Gasteiger partial charge in [0.2, 0.25) is 0 Å². The molecular formula is C11H10F3NO2. The minimum atomic E-state index is -4.95. The lowest BCUT2D eigenvalue weighted by Crippen LogP contribution is -2.30. The summed E-state index contributed by atoms with van der Waals surface area (Å²) in [5.41, 5.74) is 0.681. The van der Waals surface area contributed by atoms with Crippen LogP contribution in [0.4, 0.5) is 18.9 Å². The minimum Gasteiger partial charge on any atom is -0.318 e. The highest BCUT2D eigenvalue weighted by Crippen LogP contribution is 2.21. The fourth-order valence-corrected chi connectivity index (χ4v) is 1.17. The summed E-state index contributed by atoms with van der Waals surface area (Å²) in [5.74, 6) is -2.34.